The fourth-order valence-electron chi connectivity index (χ4n) is 4.78. The summed E-state index contributed by atoms with van der Waals surface area (Å²) in [7, 11) is 3.76. The van der Waals surface area contributed by atoms with Crippen molar-refractivity contribution in [3.63, 3.8) is 0 Å². The first-order valence-electron chi connectivity index (χ1n) is 12.3. The normalized spacial score (nSPS) is 22.2. The molecule has 0 aromatic rings. The number of rotatable bonds is 8. The Kier molecular flexibility index (Phi) is 9.74. The van der Waals surface area contributed by atoms with E-state index in [4.69, 9.17) is 0 Å². The van der Waals surface area contributed by atoms with Crippen LogP contribution in [-0.4, -0.2) is 84.3 Å². The van der Waals surface area contributed by atoms with E-state index in [0.717, 1.165) is 51.7 Å². The van der Waals surface area contributed by atoms with Crippen molar-refractivity contribution < 1.29 is 14.4 Å². The molecular weight excluding hydrogens is 404 g/mol. The van der Waals surface area contributed by atoms with Gasteiger partial charge in [-0.3, -0.25) is 19.3 Å². The van der Waals surface area contributed by atoms with E-state index >= 15 is 0 Å². The van der Waals surface area contributed by atoms with Crippen LogP contribution in [0.2, 0.25) is 0 Å². The lowest BCUT2D eigenvalue weighted by atomic mass is 9.96. The number of likely N-dealkylation sites (N-methyl/N-ethyl adjacent to an activating group) is 2. The third-order valence-corrected chi connectivity index (χ3v) is 6.93. The van der Waals surface area contributed by atoms with Gasteiger partial charge in [-0.2, -0.15) is 0 Å². The Morgan fingerprint density at radius 1 is 0.969 bits per heavy atom. The van der Waals surface area contributed by atoms with Crippen LogP contribution < -0.4 is 5.32 Å². The maximum absolute atomic E-state index is 13.5. The van der Waals surface area contributed by atoms with Crippen LogP contribution in [0.3, 0.4) is 0 Å². The van der Waals surface area contributed by atoms with Crippen LogP contribution in [0.1, 0.15) is 66.7 Å². The highest BCUT2D eigenvalue weighted by Crippen LogP contribution is 2.20. The molecule has 7 nitrogen and oxygen atoms in total. The van der Waals surface area contributed by atoms with E-state index in [-0.39, 0.29) is 41.6 Å². The van der Waals surface area contributed by atoms with E-state index in [9.17, 15) is 14.4 Å². The highest BCUT2D eigenvalue weighted by molar-refractivity contribution is 5.93. The van der Waals surface area contributed by atoms with E-state index in [1.54, 1.807) is 11.9 Å². The number of piperidine rings is 1. The minimum absolute atomic E-state index is 0.0353. The van der Waals surface area contributed by atoms with Crippen molar-refractivity contribution in [3.05, 3.63) is 11.6 Å². The molecule has 1 N–H and O–H groups in total. The van der Waals surface area contributed by atoms with Gasteiger partial charge in [-0.15, -0.1) is 0 Å². The van der Waals surface area contributed by atoms with Crippen molar-refractivity contribution in [2.75, 3.05) is 33.7 Å². The molecule has 32 heavy (non-hydrogen) atoms. The lowest BCUT2D eigenvalue weighted by molar-refractivity contribution is -0.139. The number of carbonyl (C=O) groups excluding carboxylic acids is 3. The fourth-order valence-corrected chi connectivity index (χ4v) is 4.78. The van der Waals surface area contributed by atoms with Crippen LogP contribution in [-0.2, 0) is 14.4 Å². The summed E-state index contributed by atoms with van der Waals surface area (Å²) in [4.78, 5) is 45.0. The summed E-state index contributed by atoms with van der Waals surface area (Å²) in [5.74, 6) is -0.0129. The molecule has 0 radical (unpaired) electrons. The van der Waals surface area contributed by atoms with E-state index < -0.39 is 6.04 Å². The summed E-state index contributed by atoms with van der Waals surface area (Å²) in [6.45, 7) is 12.4. The van der Waals surface area contributed by atoms with Crippen molar-refractivity contribution in [2.45, 2.75) is 84.8 Å². The third kappa shape index (κ3) is 6.56. The Bertz CT molecular complexity index is 697. The van der Waals surface area contributed by atoms with Crippen LogP contribution in [0.15, 0.2) is 11.6 Å². The van der Waals surface area contributed by atoms with Crippen molar-refractivity contribution in [3.8, 4) is 0 Å². The molecule has 3 atom stereocenters. The Labute approximate surface area is 194 Å². The quantitative estimate of drug-likeness (QED) is 0.580. The molecule has 2 aliphatic heterocycles. The Hall–Kier alpha value is -1.89. The summed E-state index contributed by atoms with van der Waals surface area (Å²) in [5, 5.41) is 3.04. The number of hydrogen-bond acceptors (Lipinski definition) is 4. The van der Waals surface area contributed by atoms with E-state index in [0.29, 0.717) is 5.57 Å². The number of amides is 3. The zero-order valence-electron chi connectivity index (χ0n) is 21.2. The molecule has 7 heteroatoms. The van der Waals surface area contributed by atoms with E-state index in [1.165, 1.54) is 0 Å². The Morgan fingerprint density at radius 2 is 1.56 bits per heavy atom. The molecule has 1 unspecified atom stereocenters. The summed E-state index contributed by atoms with van der Waals surface area (Å²) in [5.41, 5.74) is 0.680. The first-order valence-corrected chi connectivity index (χ1v) is 12.3. The number of hydrogen-bond donors (Lipinski definition) is 1. The van der Waals surface area contributed by atoms with Gasteiger partial charge in [0.25, 0.3) is 0 Å². The predicted molar refractivity (Wildman–Crippen MR) is 128 cm³/mol. The second kappa shape index (κ2) is 11.8. The lowest BCUT2D eigenvalue weighted by Crippen LogP contribution is -2.57. The summed E-state index contributed by atoms with van der Waals surface area (Å²) in [6, 6.07) is -0.985. The molecule has 0 bridgehead atoms. The minimum atomic E-state index is -0.591. The van der Waals surface area contributed by atoms with Gasteiger partial charge in [0.2, 0.25) is 17.7 Å². The number of nitrogens with one attached hydrogen (secondary N) is 1. The summed E-state index contributed by atoms with van der Waals surface area (Å²) >= 11 is 0. The van der Waals surface area contributed by atoms with Gasteiger partial charge < -0.3 is 15.1 Å². The molecular formula is C25H44N4O3. The van der Waals surface area contributed by atoms with Crippen molar-refractivity contribution in [2.24, 2.45) is 11.8 Å². The smallest absolute Gasteiger partial charge is 0.249 e. The average Bonchev–Trinajstić information content (AvgIpc) is 3.28. The van der Waals surface area contributed by atoms with Gasteiger partial charge in [0.15, 0.2) is 0 Å². The standard InChI is InChI=1S/C25H44N4O3/c1-17(2)21(16-19(5)24(31)29-14-10-11-15-29)28(7)25(32)22(18(3)4)26-23(30)20-12-8-9-13-27(20)6/h16-18,20-22H,8-15H2,1-7H3,(H,26,30)/b19-16+/t20?,21-,22+/m1/s1. The topological polar surface area (TPSA) is 73.0 Å². The largest absolute Gasteiger partial charge is 0.343 e. The van der Waals surface area contributed by atoms with Crippen LogP contribution >= 0.6 is 0 Å². The predicted octanol–water partition coefficient (Wildman–Crippen LogP) is 2.66. The molecule has 0 aliphatic carbocycles. The third-order valence-electron chi connectivity index (χ3n) is 6.93. The molecule has 0 aromatic heterocycles. The summed E-state index contributed by atoms with van der Waals surface area (Å²) in [6.07, 6.45) is 7.00. The van der Waals surface area contributed by atoms with Crippen LogP contribution in [0.5, 0.6) is 0 Å². The molecule has 0 saturated carbocycles. The summed E-state index contributed by atoms with van der Waals surface area (Å²) < 4.78 is 0. The molecule has 0 spiro atoms. The number of likely N-dealkylation sites (tertiary alicyclic amines) is 2. The zero-order chi connectivity index (χ0) is 24.0. The van der Waals surface area contributed by atoms with Crippen molar-refractivity contribution in [1.82, 2.24) is 20.0 Å². The number of carbonyl (C=O) groups is 3. The molecule has 2 fully saturated rings. The van der Waals surface area contributed by atoms with Gasteiger partial charge >= 0.3 is 0 Å². The minimum Gasteiger partial charge on any atom is -0.343 e. The molecule has 2 rings (SSSR count). The van der Waals surface area contributed by atoms with Crippen molar-refractivity contribution >= 4 is 17.7 Å². The highest BCUT2D eigenvalue weighted by atomic mass is 16.2. The van der Waals surface area contributed by atoms with Crippen molar-refractivity contribution in [1.29, 1.82) is 0 Å². The second-order valence-corrected chi connectivity index (χ2v) is 10.3. The van der Waals surface area contributed by atoms with Gasteiger partial charge in [-0.25, -0.2) is 0 Å². The lowest BCUT2D eigenvalue weighted by Gasteiger charge is -2.36. The number of nitrogens with zero attached hydrogens (tertiary/aromatic N) is 3. The van der Waals surface area contributed by atoms with Crippen LogP contribution in [0.4, 0.5) is 0 Å². The van der Waals surface area contributed by atoms with E-state index in [1.807, 2.05) is 38.8 Å². The Balaban J connectivity index is 2.14. The van der Waals surface area contributed by atoms with Crippen LogP contribution in [0.25, 0.3) is 0 Å². The van der Waals surface area contributed by atoms with E-state index in [2.05, 4.69) is 24.1 Å². The van der Waals surface area contributed by atoms with Gasteiger partial charge in [-0.05, 0) is 58.0 Å². The van der Waals surface area contributed by atoms with Gasteiger partial charge in [0.05, 0.1) is 12.1 Å². The molecule has 182 valence electrons. The molecule has 2 saturated heterocycles. The zero-order valence-corrected chi connectivity index (χ0v) is 21.2. The first kappa shape index (κ1) is 26.4. The van der Waals surface area contributed by atoms with Gasteiger partial charge in [-0.1, -0.05) is 40.2 Å². The average molecular weight is 449 g/mol. The molecule has 3 amide bonds. The van der Waals surface area contributed by atoms with Crippen LogP contribution in [0, 0.1) is 11.8 Å². The van der Waals surface area contributed by atoms with Gasteiger partial charge in [0, 0.05) is 25.7 Å². The molecule has 2 heterocycles. The Morgan fingerprint density at radius 3 is 2.09 bits per heavy atom. The monoisotopic (exact) mass is 448 g/mol. The first-order chi connectivity index (χ1) is 15.0. The van der Waals surface area contributed by atoms with Gasteiger partial charge in [0.1, 0.15) is 6.04 Å². The second-order valence-electron chi connectivity index (χ2n) is 10.3. The molecule has 2 aliphatic rings. The SMILES string of the molecule is C/C(=C\[C@H](C(C)C)N(C)C(=O)[C@@H](NC(=O)C1CCCCN1C)C(C)C)C(=O)N1CCCC1. The maximum atomic E-state index is 13.5. The maximum Gasteiger partial charge on any atom is 0.249 e. The molecule has 0 aromatic carbocycles. The highest BCUT2D eigenvalue weighted by Gasteiger charge is 2.34. The fraction of sp³-hybridized carbons (Fsp3) is 0.800.